The van der Waals surface area contributed by atoms with Crippen molar-refractivity contribution in [1.82, 2.24) is 9.88 Å². The minimum Gasteiger partial charge on any atom is -0.369 e. The van der Waals surface area contributed by atoms with Gasteiger partial charge in [-0.05, 0) is 55.4 Å². The Hall–Kier alpha value is -2.11. The van der Waals surface area contributed by atoms with Crippen molar-refractivity contribution in [1.29, 1.82) is 0 Å². The average molecular weight is 412 g/mol. The van der Waals surface area contributed by atoms with Crippen molar-refractivity contribution < 1.29 is 0 Å². The van der Waals surface area contributed by atoms with Crippen LogP contribution in [0, 0.1) is 6.92 Å². The molecule has 2 aromatic carbocycles. The molecule has 0 amide bonds. The van der Waals surface area contributed by atoms with Crippen LogP contribution in [-0.4, -0.2) is 43.1 Å². The summed E-state index contributed by atoms with van der Waals surface area (Å²) in [7, 11) is 2.16. The van der Waals surface area contributed by atoms with Gasteiger partial charge in [0.05, 0.1) is 0 Å². The molecule has 0 bridgehead atoms. The monoisotopic (exact) mass is 411 g/mol. The number of halogens is 1. The molecule has 1 N–H and O–H groups in total. The lowest BCUT2D eigenvalue weighted by atomic mass is 10.0. The summed E-state index contributed by atoms with van der Waals surface area (Å²) in [4.78, 5) is 20.4. The Kier molecular flexibility index (Phi) is 4.59. The van der Waals surface area contributed by atoms with Crippen LogP contribution in [-0.2, 0) is 0 Å². The van der Waals surface area contributed by atoms with Crippen LogP contribution >= 0.6 is 15.9 Å². The maximum atomic E-state index is 12.6. The molecule has 0 radical (unpaired) electrons. The van der Waals surface area contributed by atoms with E-state index in [0.29, 0.717) is 5.56 Å². The number of fused-ring (bicyclic) bond motifs is 1. The number of nitrogens with zero attached hydrogens (tertiary/aromatic N) is 2. The summed E-state index contributed by atoms with van der Waals surface area (Å²) < 4.78 is 0.999. The number of rotatable bonds is 2. The fourth-order valence-electron chi connectivity index (χ4n) is 3.53. The van der Waals surface area contributed by atoms with E-state index in [1.54, 1.807) is 0 Å². The summed E-state index contributed by atoms with van der Waals surface area (Å²) in [5.74, 6) is 0. The first-order valence-electron chi connectivity index (χ1n) is 8.88. The molecule has 1 fully saturated rings. The SMILES string of the molecule is Cc1cc(Br)c2cc(-c3ccc(N4CCN(C)CC4)cc3)c(=O)[nH]c2c1. The molecule has 0 atom stereocenters. The predicted molar refractivity (Wildman–Crippen MR) is 112 cm³/mol. The molecule has 2 heterocycles. The first kappa shape index (κ1) is 17.3. The third kappa shape index (κ3) is 3.29. The number of H-pyrrole nitrogens is 1. The zero-order valence-corrected chi connectivity index (χ0v) is 16.6. The van der Waals surface area contributed by atoms with Crippen LogP contribution in [0.15, 0.2) is 51.7 Å². The Morgan fingerprint density at radius 2 is 1.69 bits per heavy atom. The quantitative estimate of drug-likeness (QED) is 0.691. The second-order valence-electron chi connectivity index (χ2n) is 7.06. The van der Waals surface area contributed by atoms with Crippen molar-refractivity contribution in [3.8, 4) is 11.1 Å². The fourth-order valence-corrected chi connectivity index (χ4v) is 4.22. The molecule has 5 heteroatoms. The number of hydrogen-bond donors (Lipinski definition) is 1. The molecule has 0 saturated carbocycles. The molecule has 0 unspecified atom stereocenters. The van der Waals surface area contributed by atoms with Gasteiger partial charge in [-0.1, -0.05) is 28.1 Å². The largest absolute Gasteiger partial charge is 0.369 e. The van der Waals surface area contributed by atoms with Gasteiger partial charge in [0.1, 0.15) is 0 Å². The average Bonchev–Trinajstić information content (AvgIpc) is 2.62. The molecule has 4 nitrogen and oxygen atoms in total. The third-order valence-electron chi connectivity index (χ3n) is 5.10. The Morgan fingerprint density at radius 3 is 2.38 bits per heavy atom. The van der Waals surface area contributed by atoms with Gasteiger partial charge in [-0.2, -0.15) is 0 Å². The first-order valence-corrected chi connectivity index (χ1v) is 9.68. The highest BCUT2D eigenvalue weighted by molar-refractivity contribution is 9.10. The highest BCUT2D eigenvalue weighted by atomic mass is 79.9. The van der Waals surface area contributed by atoms with E-state index in [1.807, 2.05) is 31.2 Å². The van der Waals surface area contributed by atoms with E-state index in [-0.39, 0.29) is 5.56 Å². The van der Waals surface area contributed by atoms with Crippen LogP contribution in [0.5, 0.6) is 0 Å². The van der Waals surface area contributed by atoms with Gasteiger partial charge < -0.3 is 14.8 Å². The van der Waals surface area contributed by atoms with Crippen LogP contribution in [0.2, 0.25) is 0 Å². The van der Waals surface area contributed by atoms with E-state index in [0.717, 1.165) is 52.7 Å². The van der Waals surface area contributed by atoms with E-state index in [2.05, 4.69) is 56.0 Å². The summed E-state index contributed by atoms with van der Waals surface area (Å²) >= 11 is 3.61. The van der Waals surface area contributed by atoms with Crippen molar-refractivity contribution >= 4 is 32.5 Å². The maximum Gasteiger partial charge on any atom is 0.256 e. The lowest BCUT2D eigenvalue weighted by Gasteiger charge is -2.34. The van der Waals surface area contributed by atoms with Gasteiger partial charge in [0.2, 0.25) is 0 Å². The molecule has 3 aromatic rings. The topological polar surface area (TPSA) is 39.3 Å². The zero-order valence-electron chi connectivity index (χ0n) is 15.1. The molecule has 1 aromatic heterocycles. The van der Waals surface area contributed by atoms with Crippen LogP contribution in [0.3, 0.4) is 0 Å². The smallest absolute Gasteiger partial charge is 0.256 e. The number of benzene rings is 2. The van der Waals surface area contributed by atoms with Crippen molar-refractivity contribution in [3.63, 3.8) is 0 Å². The number of likely N-dealkylation sites (N-methyl/N-ethyl adjacent to an activating group) is 1. The van der Waals surface area contributed by atoms with Crippen molar-refractivity contribution in [3.05, 3.63) is 62.9 Å². The number of piperazine rings is 1. The summed E-state index contributed by atoms with van der Waals surface area (Å²) in [6, 6.07) is 14.4. The molecule has 134 valence electrons. The van der Waals surface area contributed by atoms with Crippen LogP contribution in [0.4, 0.5) is 5.69 Å². The first-order chi connectivity index (χ1) is 12.5. The fraction of sp³-hybridized carbons (Fsp3) is 0.286. The summed E-state index contributed by atoms with van der Waals surface area (Å²) in [5, 5.41) is 1.02. The number of aromatic amines is 1. The van der Waals surface area contributed by atoms with Crippen LogP contribution in [0.1, 0.15) is 5.56 Å². The van der Waals surface area contributed by atoms with Gasteiger partial charge in [-0.3, -0.25) is 4.79 Å². The van der Waals surface area contributed by atoms with E-state index < -0.39 is 0 Å². The number of nitrogens with one attached hydrogen (secondary N) is 1. The highest BCUT2D eigenvalue weighted by Gasteiger charge is 2.15. The highest BCUT2D eigenvalue weighted by Crippen LogP contribution is 2.28. The van der Waals surface area contributed by atoms with Crippen molar-refractivity contribution in [2.75, 3.05) is 38.1 Å². The second kappa shape index (κ2) is 6.89. The second-order valence-corrected chi connectivity index (χ2v) is 7.91. The van der Waals surface area contributed by atoms with Gasteiger partial charge in [0.15, 0.2) is 0 Å². The summed E-state index contributed by atoms with van der Waals surface area (Å²) in [6.45, 7) is 6.27. The van der Waals surface area contributed by atoms with Crippen LogP contribution < -0.4 is 10.5 Å². The summed E-state index contributed by atoms with van der Waals surface area (Å²) in [6.07, 6.45) is 0. The van der Waals surface area contributed by atoms with Gasteiger partial charge in [0.25, 0.3) is 5.56 Å². The van der Waals surface area contributed by atoms with Crippen LogP contribution in [0.25, 0.3) is 22.0 Å². The molecule has 26 heavy (non-hydrogen) atoms. The van der Waals surface area contributed by atoms with E-state index in [4.69, 9.17) is 0 Å². The lowest BCUT2D eigenvalue weighted by Crippen LogP contribution is -2.44. The van der Waals surface area contributed by atoms with E-state index >= 15 is 0 Å². The molecule has 1 aliphatic heterocycles. The molecule has 0 aliphatic carbocycles. The Labute approximate surface area is 161 Å². The number of pyridine rings is 1. The molecule has 1 aliphatic rings. The molecule has 0 spiro atoms. The number of aromatic nitrogens is 1. The van der Waals surface area contributed by atoms with Gasteiger partial charge in [0, 0.05) is 52.8 Å². The molecular weight excluding hydrogens is 390 g/mol. The van der Waals surface area contributed by atoms with E-state index in [9.17, 15) is 4.79 Å². The zero-order chi connectivity index (χ0) is 18.3. The minimum absolute atomic E-state index is 0.0534. The van der Waals surface area contributed by atoms with Crippen molar-refractivity contribution in [2.24, 2.45) is 0 Å². The normalized spacial score (nSPS) is 15.6. The standard InChI is InChI=1S/C21H22BrN3O/c1-14-11-19(22)18-13-17(21(26)23-20(18)12-14)15-3-5-16(6-4-15)25-9-7-24(2)8-10-25/h3-6,11-13H,7-10H2,1-2H3,(H,23,26). The Morgan fingerprint density at radius 1 is 1.00 bits per heavy atom. The number of aryl methyl sites for hydroxylation is 1. The third-order valence-corrected chi connectivity index (χ3v) is 5.76. The van der Waals surface area contributed by atoms with Gasteiger partial charge in [-0.25, -0.2) is 0 Å². The Bertz CT molecular complexity index is 1000. The number of hydrogen-bond acceptors (Lipinski definition) is 3. The van der Waals surface area contributed by atoms with Gasteiger partial charge >= 0.3 is 0 Å². The predicted octanol–water partition coefficient (Wildman–Crippen LogP) is 4.02. The summed E-state index contributed by atoms with van der Waals surface area (Å²) in [5.41, 5.74) is 4.78. The van der Waals surface area contributed by atoms with Crippen molar-refractivity contribution in [2.45, 2.75) is 6.92 Å². The number of anilines is 1. The Balaban J connectivity index is 1.69. The lowest BCUT2D eigenvalue weighted by molar-refractivity contribution is 0.313. The maximum absolute atomic E-state index is 12.6. The van der Waals surface area contributed by atoms with E-state index in [1.165, 1.54) is 5.69 Å². The molecule has 1 saturated heterocycles. The molecule has 4 rings (SSSR count). The minimum atomic E-state index is -0.0534. The van der Waals surface area contributed by atoms with Gasteiger partial charge in [-0.15, -0.1) is 0 Å². The molecular formula is C21H22BrN3O.